The third kappa shape index (κ3) is 0.731. The molecule has 3 heteroatoms. The van der Waals surface area contributed by atoms with Crippen LogP contribution >= 0.6 is 0 Å². The van der Waals surface area contributed by atoms with Crippen molar-refractivity contribution in [3.05, 3.63) is 30.6 Å². The average molecular weight is 171 g/mol. The van der Waals surface area contributed by atoms with Crippen LogP contribution in [0, 0.1) is 0 Å². The highest BCUT2D eigenvalue weighted by molar-refractivity contribution is 6.09. The maximum atomic E-state index is 5.89. The Hall–Kier alpha value is -1.90. The zero-order valence-electron chi connectivity index (χ0n) is 6.96. The summed E-state index contributed by atoms with van der Waals surface area (Å²) in [5.41, 5.74) is 8.92. The highest BCUT2D eigenvalue weighted by Crippen LogP contribution is 2.27. The minimum Gasteiger partial charge on any atom is -0.398 e. The van der Waals surface area contributed by atoms with Crippen molar-refractivity contribution in [3.8, 4) is 0 Å². The molecule has 3 nitrogen and oxygen atoms in total. The van der Waals surface area contributed by atoms with Gasteiger partial charge in [-0.3, -0.25) is 0 Å². The maximum Gasteiger partial charge on any atom is 0.0720 e. The molecule has 0 aliphatic heterocycles. The fraction of sp³-hybridized carbons (Fsp3) is 0. The molecule has 1 aromatic carbocycles. The SMILES string of the molecule is Nc1cc2cc[nH]c2c2[nH]ccc12. The molecule has 0 saturated carbocycles. The molecule has 0 fully saturated rings. The van der Waals surface area contributed by atoms with Gasteiger partial charge in [-0.15, -0.1) is 0 Å². The van der Waals surface area contributed by atoms with E-state index < -0.39 is 0 Å². The number of nitrogens with two attached hydrogens (primary N) is 1. The Morgan fingerprint density at radius 1 is 1.00 bits per heavy atom. The third-order valence-corrected chi connectivity index (χ3v) is 2.40. The molecule has 0 unspecified atom stereocenters. The molecule has 4 N–H and O–H groups in total. The van der Waals surface area contributed by atoms with Gasteiger partial charge in [0.2, 0.25) is 0 Å². The summed E-state index contributed by atoms with van der Waals surface area (Å²) in [6.07, 6.45) is 3.83. The van der Waals surface area contributed by atoms with Crippen molar-refractivity contribution in [2.24, 2.45) is 0 Å². The van der Waals surface area contributed by atoms with Gasteiger partial charge in [0.1, 0.15) is 0 Å². The Bertz CT molecular complexity index is 574. The monoisotopic (exact) mass is 171 g/mol. The predicted octanol–water partition coefficient (Wildman–Crippen LogP) is 2.23. The molecule has 0 spiro atoms. The topological polar surface area (TPSA) is 57.6 Å². The van der Waals surface area contributed by atoms with Crippen LogP contribution < -0.4 is 5.73 Å². The first-order valence-corrected chi connectivity index (χ1v) is 4.19. The molecule has 0 bridgehead atoms. The van der Waals surface area contributed by atoms with Gasteiger partial charge in [0.05, 0.1) is 11.0 Å². The summed E-state index contributed by atoms with van der Waals surface area (Å²) in [4.78, 5) is 6.37. The minimum atomic E-state index is 0.823. The number of fused-ring (bicyclic) bond motifs is 3. The maximum absolute atomic E-state index is 5.89. The van der Waals surface area contributed by atoms with E-state index in [0.29, 0.717) is 0 Å². The van der Waals surface area contributed by atoms with Crippen molar-refractivity contribution >= 4 is 27.5 Å². The molecule has 0 aliphatic rings. The molecule has 0 atom stereocenters. The number of nitrogen functional groups attached to an aromatic ring is 1. The van der Waals surface area contributed by atoms with Gasteiger partial charge in [-0.05, 0) is 18.2 Å². The van der Waals surface area contributed by atoms with Crippen molar-refractivity contribution in [1.29, 1.82) is 0 Å². The summed E-state index contributed by atoms with van der Waals surface area (Å²) < 4.78 is 0. The van der Waals surface area contributed by atoms with Gasteiger partial charge in [0.25, 0.3) is 0 Å². The Morgan fingerprint density at radius 3 is 2.69 bits per heavy atom. The summed E-state index contributed by atoms with van der Waals surface area (Å²) in [6.45, 7) is 0. The van der Waals surface area contributed by atoms with Crippen molar-refractivity contribution in [1.82, 2.24) is 9.97 Å². The Balaban J connectivity index is 2.70. The number of nitrogens with one attached hydrogen (secondary N) is 2. The largest absolute Gasteiger partial charge is 0.398 e. The van der Waals surface area contributed by atoms with Gasteiger partial charge in [-0.2, -0.15) is 0 Å². The van der Waals surface area contributed by atoms with Crippen molar-refractivity contribution in [2.75, 3.05) is 5.73 Å². The number of hydrogen-bond donors (Lipinski definition) is 3. The van der Waals surface area contributed by atoms with E-state index >= 15 is 0 Å². The molecule has 0 amide bonds. The van der Waals surface area contributed by atoms with Crippen LogP contribution in [-0.4, -0.2) is 9.97 Å². The molecular formula is C10H9N3. The highest BCUT2D eigenvalue weighted by atomic mass is 14.8. The molecule has 13 heavy (non-hydrogen) atoms. The number of aromatic amines is 2. The van der Waals surface area contributed by atoms with E-state index in [-0.39, 0.29) is 0 Å². The summed E-state index contributed by atoms with van der Waals surface area (Å²) in [6, 6.07) is 6.00. The first-order chi connectivity index (χ1) is 6.36. The summed E-state index contributed by atoms with van der Waals surface area (Å²) in [7, 11) is 0. The fourth-order valence-electron chi connectivity index (χ4n) is 1.78. The van der Waals surface area contributed by atoms with Crippen LogP contribution in [0.3, 0.4) is 0 Å². The zero-order chi connectivity index (χ0) is 8.84. The standard InChI is InChI=1S/C10H9N3/c11-8-5-6-1-3-12-9(6)10-7(8)2-4-13-10/h1-5,12-13H,11H2. The van der Waals surface area contributed by atoms with Crippen LogP contribution in [0.25, 0.3) is 21.8 Å². The second-order valence-corrected chi connectivity index (χ2v) is 3.17. The van der Waals surface area contributed by atoms with E-state index in [2.05, 4.69) is 9.97 Å². The quantitative estimate of drug-likeness (QED) is 0.446. The summed E-state index contributed by atoms with van der Waals surface area (Å²) >= 11 is 0. The first kappa shape index (κ1) is 6.60. The lowest BCUT2D eigenvalue weighted by Crippen LogP contribution is -1.85. The first-order valence-electron chi connectivity index (χ1n) is 4.19. The number of H-pyrrole nitrogens is 2. The van der Waals surface area contributed by atoms with Gasteiger partial charge < -0.3 is 15.7 Å². The van der Waals surface area contributed by atoms with Gasteiger partial charge in [-0.25, -0.2) is 0 Å². The van der Waals surface area contributed by atoms with E-state index in [9.17, 15) is 0 Å². The second-order valence-electron chi connectivity index (χ2n) is 3.17. The molecule has 3 aromatic rings. The number of aromatic nitrogens is 2. The Labute approximate surface area is 74.6 Å². The lowest BCUT2D eigenvalue weighted by Gasteiger charge is -1.97. The van der Waals surface area contributed by atoms with E-state index in [1.54, 1.807) is 0 Å². The summed E-state index contributed by atoms with van der Waals surface area (Å²) in [5.74, 6) is 0. The van der Waals surface area contributed by atoms with Crippen LogP contribution in [0.5, 0.6) is 0 Å². The summed E-state index contributed by atoms with van der Waals surface area (Å²) in [5, 5.41) is 2.22. The lowest BCUT2D eigenvalue weighted by molar-refractivity contribution is 1.44. The van der Waals surface area contributed by atoms with Crippen LogP contribution in [0.15, 0.2) is 30.6 Å². The molecule has 2 aromatic heterocycles. The van der Waals surface area contributed by atoms with E-state index in [0.717, 1.165) is 27.5 Å². The van der Waals surface area contributed by atoms with Gasteiger partial charge >= 0.3 is 0 Å². The molecule has 0 aliphatic carbocycles. The zero-order valence-corrected chi connectivity index (χ0v) is 6.96. The fourth-order valence-corrected chi connectivity index (χ4v) is 1.78. The van der Waals surface area contributed by atoms with Gasteiger partial charge in [0.15, 0.2) is 0 Å². The number of anilines is 1. The van der Waals surface area contributed by atoms with Crippen LogP contribution in [0.4, 0.5) is 5.69 Å². The number of benzene rings is 1. The van der Waals surface area contributed by atoms with Crippen molar-refractivity contribution < 1.29 is 0 Å². The van der Waals surface area contributed by atoms with Crippen LogP contribution in [0.1, 0.15) is 0 Å². The molecule has 0 saturated heterocycles. The van der Waals surface area contributed by atoms with E-state index in [4.69, 9.17) is 5.73 Å². The van der Waals surface area contributed by atoms with Gasteiger partial charge in [0, 0.05) is 28.9 Å². The van der Waals surface area contributed by atoms with E-state index in [1.807, 2.05) is 30.6 Å². The van der Waals surface area contributed by atoms with Crippen molar-refractivity contribution in [2.45, 2.75) is 0 Å². The normalized spacial score (nSPS) is 11.4. The lowest BCUT2D eigenvalue weighted by atomic mass is 10.1. The Kier molecular flexibility index (Phi) is 1.05. The van der Waals surface area contributed by atoms with E-state index in [1.165, 1.54) is 0 Å². The average Bonchev–Trinajstić information content (AvgIpc) is 2.66. The third-order valence-electron chi connectivity index (χ3n) is 2.40. The smallest absolute Gasteiger partial charge is 0.0720 e. The predicted molar refractivity (Wildman–Crippen MR) is 54.6 cm³/mol. The molecule has 0 radical (unpaired) electrons. The minimum absolute atomic E-state index is 0.823. The molecule has 3 rings (SSSR count). The molecular weight excluding hydrogens is 162 g/mol. The molecule has 2 heterocycles. The number of hydrogen-bond acceptors (Lipinski definition) is 1. The van der Waals surface area contributed by atoms with Crippen LogP contribution in [0.2, 0.25) is 0 Å². The number of rotatable bonds is 0. The van der Waals surface area contributed by atoms with Crippen LogP contribution in [-0.2, 0) is 0 Å². The second kappa shape index (κ2) is 2.07. The van der Waals surface area contributed by atoms with Crippen molar-refractivity contribution in [3.63, 3.8) is 0 Å². The highest BCUT2D eigenvalue weighted by Gasteiger charge is 2.04. The Morgan fingerprint density at radius 2 is 1.77 bits per heavy atom. The molecule has 64 valence electrons. The van der Waals surface area contributed by atoms with Gasteiger partial charge in [-0.1, -0.05) is 0 Å².